The zero-order valence-corrected chi connectivity index (χ0v) is 24.4. The summed E-state index contributed by atoms with van der Waals surface area (Å²) in [6.45, 7) is 8.31. The normalized spacial score (nSPS) is 11.5. The minimum Gasteiger partial charge on any atom is -0.382 e. The second-order valence-electron chi connectivity index (χ2n) is 11.1. The molecule has 214 valence electrons. The average molecular weight is 563 g/mol. The van der Waals surface area contributed by atoms with E-state index >= 15 is 0 Å². The van der Waals surface area contributed by atoms with Crippen LogP contribution in [0, 0.1) is 6.92 Å². The first-order valence-corrected chi connectivity index (χ1v) is 13.6. The second kappa shape index (κ2) is 11.5. The van der Waals surface area contributed by atoms with Crippen molar-refractivity contribution in [2.75, 3.05) is 11.1 Å². The number of nitrogens with two attached hydrogens (primary N) is 1. The van der Waals surface area contributed by atoms with E-state index < -0.39 is 5.91 Å². The molecule has 0 bridgehead atoms. The fourth-order valence-corrected chi connectivity index (χ4v) is 4.61. The summed E-state index contributed by atoms with van der Waals surface area (Å²) in [7, 11) is 1.75. The Labute approximate surface area is 244 Å². The van der Waals surface area contributed by atoms with E-state index in [2.05, 4.69) is 10.3 Å². The number of rotatable bonds is 7. The molecule has 0 aliphatic heterocycles. The molecule has 0 saturated carbocycles. The summed E-state index contributed by atoms with van der Waals surface area (Å²) in [5.41, 5.74) is 11.4. The van der Waals surface area contributed by atoms with Crippen molar-refractivity contribution in [2.24, 2.45) is 7.05 Å². The van der Waals surface area contributed by atoms with E-state index in [1.165, 1.54) is 4.68 Å². The van der Waals surface area contributed by atoms with Gasteiger partial charge in [-0.05, 0) is 63.6 Å². The van der Waals surface area contributed by atoms with Crippen LogP contribution in [0.4, 0.5) is 11.5 Å². The van der Waals surface area contributed by atoms with E-state index in [9.17, 15) is 9.59 Å². The molecule has 3 aromatic carbocycles. The maximum atomic E-state index is 13.2. The Kier molecular flexibility index (Phi) is 7.78. The number of nitrogen functional groups attached to an aromatic ring is 1. The summed E-state index contributed by atoms with van der Waals surface area (Å²) in [5.74, 6) is -0.184. The lowest BCUT2D eigenvalue weighted by molar-refractivity contribution is -0.0149. The number of hydrogen-bond acceptors (Lipinski definition) is 6. The van der Waals surface area contributed by atoms with Crippen molar-refractivity contribution in [2.45, 2.75) is 39.9 Å². The first-order valence-electron chi connectivity index (χ1n) is 13.6. The number of carbonyl (C=O) groups excluding carboxylic acids is 1. The van der Waals surface area contributed by atoms with Gasteiger partial charge in [0.1, 0.15) is 17.1 Å². The number of aromatic nitrogens is 4. The maximum absolute atomic E-state index is 13.2. The van der Waals surface area contributed by atoms with Gasteiger partial charge in [0, 0.05) is 23.9 Å². The number of nitrogens with zero attached hydrogens (tertiary/aromatic N) is 4. The molecule has 2 heterocycles. The summed E-state index contributed by atoms with van der Waals surface area (Å²) in [6, 6.07) is 24.3. The van der Waals surface area contributed by atoms with Crippen LogP contribution in [0.2, 0.25) is 0 Å². The standard InChI is InChI=1S/C33H34N6O3/c1-21-28(32(41)39(38(21)5)26-12-7-6-8-13-26)31(40)36-25-16-14-23(15-17-25)29-30(34)35-19-27(37-29)24-11-9-10-22(18-24)20-42-33(2,3)4/h6-19H,20H2,1-5H3,(H2,34,35)(H,36,40). The van der Waals surface area contributed by atoms with Crippen molar-refractivity contribution in [3.8, 4) is 28.2 Å². The number of benzene rings is 3. The Balaban J connectivity index is 1.37. The lowest BCUT2D eigenvalue weighted by Gasteiger charge is -2.19. The summed E-state index contributed by atoms with van der Waals surface area (Å²) in [5, 5.41) is 2.85. The third-order valence-corrected chi connectivity index (χ3v) is 6.89. The quantitative estimate of drug-likeness (QED) is 0.261. The van der Waals surface area contributed by atoms with Crippen LogP contribution in [0.5, 0.6) is 0 Å². The van der Waals surface area contributed by atoms with Gasteiger partial charge in [0.2, 0.25) is 0 Å². The zero-order chi connectivity index (χ0) is 30.0. The molecular weight excluding hydrogens is 528 g/mol. The van der Waals surface area contributed by atoms with E-state index in [0.717, 1.165) is 16.7 Å². The van der Waals surface area contributed by atoms with Crippen LogP contribution < -0.4 is 16.6 Å². The van der Waals surface area contributed by atoms with Crippen LogP contribution in [0.3, 0.4) is 0 Å². The molecule has 0 atom stereocenters. The molecule has 0 aliphatic carbocycles. The highest BCUT2D eigenvalue weighted by Gasteiger charge is 2.22. The first-order chi connectivity index (χ1) is 20.0. The molecule has 0 radical (unpaired) electrons. The SMILES string of the molecule is Cc1c(C(=O)Nc2ccc(-c3nc(-c4cccc(COC(C)(C)C)c4)cnc3N)cc2)c(=O)n(-c2ccccc2)n1C. The molecule has 0 unspecified atom stereocenters. The Hall–Kier alpha value is -5.02. The molecule has 0 saturated heterocycles. The van der Waals surface area contributed by atoms with Crippen LogP contribution in [-0.2, 0) is 18.4 Å². The van der Waals surface area contributed by atoms with Crippen molar-refractivity contribution in [1.29, 1.82) is 0 Å². The number of para-hydroxylation sites is 1. The highest BCUT2D eigenvalue weighted by atomic mass is 16.5. The Bertz CT molecular complexity index is 1800. The predicted octanol–water partition coefficient (Wildman–Crippen LogP) is 5.76. The number of carbonyl (C=O) groups is 1. The number of amides is 1. The Morgan fingerprint density at radius 2 is 1.69 bits per heavy atom. The highest BCUT2D eigenvalue weighted by Crippen LogP contribution is 2.28. The molecule has 3 N–H and O–H groups in total. The van der Waals surface area contributed by atoms with Gasteiger partial charge in [-0.3, -0.25) is 14.3 Å². The van der Waals surface area contributed by atoms with Crippen LogP contribution in [0.15, 0.2) is 89.9 Å². The number of ether oxygens (including phenoxy) is 1. The van der Waals surface area contributed by atoms with Crippen LogP contribution in [0.25, 0.3) is 28.2 Å². The van der Waals surface area contributed by atoms with E-state index in [1.807, 2.05) is 87.5 Å². The van der Waals surface area contributed by atoms with Crippen molar-refractivity contribution < 1.29 is 9.53 Å². The van der Waals surface area contributed by atoms with Crippen molar-refractivity contribution in [1.82, 2.24) is 19.3 Å². The first kappa shape index (κ1) is 28.5. The van der Waals surface area contributed by atoms with Crippen molar-refractivity contribution in [3.05, 3.63) is 112 Å². The summed E-state index contributed by atoms with van der Waals surface area (Å²) < 4.78 is 9.08. The molecule has 42 heavy (non-hydrogen) atoms. The zero-order valence-electron chi connectivity index (χ0n) is 24.4. The molecule has 5 rings (SSSR count). The van der Waals surface area contributed by atoms with E-state index in [4.69, 9.17) is 15.5 Å². The monoisotopic (exact) mass is 562 g/mol. The van der Waals surface area contributed by atoms with Crippen molar-refractivity contribution >= 4 is 17.4 Å². The molecule has 0 spiro atoms. The van der Waals surface area contributed by atoms with Gasteiger partial charge >= 0.3 is 0 Å². The van der Waals surface area contributed by atoms with Gasteiger partial charge in [0.25, 0.3) is 11.5 Å². The molecule has 0 aliphatic rings. The van der Waals surface area contributed by atoms with Gasteiger partial charge in [-0.2, -0.15) is 0 Å². The van der Waals surface area contributed by atoms with Gasteiger partial charge in [0.15, 0.2) is 0 Å². The van der Waals surface area contributed by atoms with E-state index in [1.54, 1.807) is 37.0 Å². The fourth-order valence-electron chi connectivity index (χ4n) is 4.61. The van der Waals surface area contributed by atoms with Crippen LogP contribution in [-0.4, -0.2) is 30.8 Å². The van der Waals surface area contributed by atoms with Crippen molar-refractivity contribution in [3.63, 3.8) is 0 Å². The predicted molar refractivity (Wildman–Crippen MR) is 166 cm³/mol. The number of hydrogen-bond donors (Lipinski definition) is 2. The van der Waals surface area contributed by atoms with E-state index in [0.29, 0.717) is 40.9 Å². The molecule has 1 amide bonds. The largest absolute Gasteiger partial charge is 0.382 e. The van der Waals surface area contributed by atoms with Gasteiger partial charge in [-0.15, -0.1) is 0 Å². The molecule has 2 aromatic heterocycles. The highest BCUT2D eigenvalue weighted by molar-refractivity contribution is 6.05. The van der Waals surface area contributed by atoms with Gasteiger partial charge in [-0.1, -0.05) is 48.5 Å². The minimum absolute atomic E-state index is 0.0865. The molecular formula is C33H34N6O3. The summed E-state index contributed by atoms with van der Waals surface area (Å²) in [6.07, 6.45) is 1.65. The molecule has 9 nitrogen and oxygen atoms in total. The average Bonchev–Trinajstić information content (AvgIpc) is 3.20. The number of nitrogens with one attached hydrogen (secondary N) is 1. The second-order valence-corrected chi connectivity index (χ2v) is 11.1. The Morgan fingerprint density at radius 3 is 2.38 bits per heavy atom. The minimum atomic E-state index is -0.479. The fraction of sp³-hybridized carbons (Fsp3) is 0.212. The van der Waals surface area contributed by atoms with Crippen LogP contribution >= 0.6 is 0 Å². The molecule has 5 aromatic rings. The lowest BCUT2D eigenvalue weighted by Crippen LogP contribution is -2.25. The molecule has 9 heteroatoms. The van der Waals surface area contributed by atoms with Gasteiger partial charge in [0.05, 0.1) is 35.5 Å². The summed E-state index contributed by atoms with van der Waals surface area (Å²) >= 11 is 0. The van der Waals surface area contributed by atoms with Gasteiger partial charge < -0.3 is 15.8 Å². The van der Waals surface area contributed by atoms with E-state index in [-0.39, 0.29) is 16.7 Å². The smallest absolute Gasteiger partial charge is 0.284 e. The lowest BCUT2D eigenvalue weighted by atomic mass is 10.1. The Morgan fingerprint density at radius 1 is 0.976 bits per heavy atom. The topological polar surface area (TPSA) is 117 Å². The third kappa shape index (κ3) is 6.01. The maximum Gasteiger partial charge on any atom is 0.284 e. The van der Waals surface area contributed by atoms with Gasteiger partial charge in [-0.25, -0.2) is 14.6 Å². The summed E-state index contributed by atoms with van der Waals surface area (Å²) in [4.78, 5) is 35.6. The molecule has 0 fully saturated rings. The third-order valence-electron chi connectivity index (χ3n) is 6.89. The number of anilines is 2. The van der Waals surface area contributed by atoms with Crippen LogP contribution in [0.1, 0.15) is 42.4 Å².